The standard InChI is InChI=1S/C14H22N2O2/c1-10(15)14-12(4-3-5-13(14)18-2)16-7-6-11(8-16)9-17/h3-5,10-11,17H,6-9,15H2,1-2H3/t10-,11?/m1/s1. The van der Waals surface area contributed by atoms with E-state index in [0.717, 1.165) is 36.5 Å². The second kappa shape index (κ2) is 5.59. The molecule has 18 heavy (non-hydrogen) atoms. The molecule has 4 heteroatoms. The van der Waals surface area contributed by atoms with Gasteiger partial charge in [0.15, 0.2) is 0 Å². The van der Waals surface area contributed by atoms with Crippen molar-refractivity contribution in [2.75, 3.05) is 31.7 Å². The lowest BCUT2D eigenvalue weighted by atomic mass is 10.0. The van der Waals surface area contributed by atoms with E-state index in [0.29, 0.717) is 5.92 Å². The van der Waals surface area contributed by atoms with Crippen LogP contribution in [0.1, 0.15) is 24.9 Å². The van der Waals surface area contributed by atoms with E-state index >= 15 is 0 Å². The van der Waals surface area contributed by atoms with Crippen molar-refractivity contribution in [1.82, 2.24) is 0 Å². The van der Waals surface area contributed by atoms with E-state index in [1.54, 1.807) is 7.11 Å². The molecule has 1 aliphatic heterocycles. The molecule has 1 aliphatic rings. The summed E-state index contributed by atoms with van der Waals surface area (Å²) < 4.78 is 5.40. The van der Waals surface area contributed by atoms with Crippen LogP contribution >= 0.6 is 0 Å². The van der Waals surface area contributed by atoms with Gasteiger partial charge in [-0.05, 0) is 25.5 Å². The number of methoxy groups -OCH3 is 1. The van der Waals surface area contributed by atoms with Crippen LogP contribution < -0.4 is 15.4 Å². The molecule has 0 bridgehead atoms. The number of hydrogen-bond donors (Lipinski definition) is 2. The minimum Gasteiger partial charge on any atom is -0.496 e. The number of anilines is 1. The van der Waals surface area contributed by atoms with Gasteiger partial charge in [-0.2, -0.15) is 0 Å². The Morgan fingerprint density at radius 1 is 1.56 bits per heavy atom. The predicted molar refractivity (Wildman–Crippen MR) is 73.0 cm³/mol. The van der Waals surface area contributed by atoms with Crippen LogP contribution in [0.4, 0.5) is 5.69 Å². The van der Waals surface area contributed by atoms with Crippen molar-refractivity contribution in [2.45, 2.75) is 19.4 Å². The average molecular weight is 250 g/mol. The van der Waals surface area contributed by atoms with E-state index < -0.39 is 0 Å². The Balaban J connectivity index is 2.32. The van der Waals surface area contributed by atoms with Crippen LogP contribution in [0.25, 0.3) is 0 Å². The normalized spacial score (nSPS) is 21.1. The van der Waals surface area contributed by atoms with Gasteiger partial charge >= 0.3 is 0 Å². The number of rotatable bonds is 4. The Morgan fingerprint density at radius 2 is 2.33 bits per heavy atom. The van der Waals surface area contributed by atoms with Gasteiger partial charge in [0.05, 0.1) is 7.11 Å². The Morgan fingerprint density at radius 3 is 2.89 bits per heavy atom. The maximum Gasteiger partial charge on any atom is 0.125 e. The molecular formula is C14H22N2O2. The van der Waals surface area contributed by atoms with Crippen molar-refractivity contribution in [2.24, 2.45) is 11.7 Å². The van der Waals surface area contributed by atoms with Crippen LogP contribution in [0, 0.1) is 5.92 Å². The van der Waals surface area contributed by atoms with Crippen LogP contribution in [0.2, 0.25) is 0 Å². The molecule has 2 atom stereocenters. The molecule has 3 N–H and O–H groups in total. The molecule has 100 valence electrons. The minimum absolute atomic E-state index is 0.0654. The molecule has 0 saturated carbocycles. The third-order valence-corrected chi connectivity index (χ3v) is 3.60. The molecule has 1 saturated heterocycles. The van der Waals surface area contributed by atoms with Crippen LogP contribution in [0.15, 0.2) is 18.2 Å². The van der Waals surface area contributed by atoms with Crippen molar-refractivity contribution in [3.05, 3.63) is 23.8 Å². The molecule has 0 radical (unpaired) electrons. The fourth-order valence-electron chi connectivity index (χ4n) is 2.64. The van der Waals surface area contributed by atoms with Crippen molar-refractivity contribution in [1.29, 1.82) is 0 Å². The number of nitrogens with two attached hydrogens (primary N) is 1. The highest BCUT2D eigenvalue weighted by Gasteiger charge is 2.25. The van der Waals surface area contributed by atoms with Gasteiger partial charge in [0, 0.05) is 42.9 Å². The summed E-state index contributed by atoms with van der Waals surface area (Å²) in [7, 11) is 1.67. The molecule has 1 aromatic carbocycles. The summed E-state index contributed by atoms with van der Waals surface area (Å²) in [6.07, 6.45) is 1.03. The fourth-order valence-corrected chi connectivity index (χ4v) is 2.64. The first-order valence-electron chi connectivity index (χ1n) is 6.45. The van der Waals surface area contributed by atoms with E-state index in [9.17, 15) is 5.11 Å². The third kappa shape index (κ3) is 2.44. The molecule has 1 heterocycles. The number of benzene rings is 1. The molecule has 0 spiro atoms. The lowest BCUT2D eigenvalue weighted by molar-refractivity contribution is 0.238. The van der Waals surface area contributed by atoms with E-state index in [1.165, 1.54) is 0 Å². The predicted octanol–water partition coefficient (Wildman–Crippen LogP) is 1.53. The summed E-state index contributed by atoms with van der Waals surface area (Å²) in [5, 5.41) is 9.23. The van der Waals surface area contributed by atoms with Crippen molar-refractivity contribution < 1.29 is 9.84 Å². The van der Waals surface area contributed by atoms with Gasteiger partial charge in [0.25, 0.3) is 0 Å². The highest BCUT2D eigenvalue weighted by molar-refractivity contribution is 5.61. The van der Waals surface area contributed by atoms with Crippen LogP contribution in [0.3, 0.4) is 0 Å². The van der Waals surface area contributed by atoms with Gasteiger partial charge in [0.1, 0.15) is 5.75 Å². The maximum absolute atomic E-state index is 9.23. The smallest absolute Gasteiger partial charge is 0.125 e. The zero-order valence-electron chi connectivity index (χ0n) is 11.1. The first-order valence-corrected chi connectivity index (χ1v) is 6.45. The van der Waals surface area contributed by atoms with E-state index in [1.807, 2.05) is 19.1 Å². The second-order valence-electron chi connectivity index (χ2n) is 4.97. The number of ether oxygens (including phenoxy) is 1. The summed E-state index contributed by atoms with van der Waals surface area (Å²) in [5.41, 5.74) is 8.26. The van der Waals surface area contributed by atoms with Crippen LogP contribution in [-0.2, 0) is 0 Å². The van der Waals surface area contributed by atoms with Gasteiger partial charge in [-0.1, -0.05) is 6.07 Å². The van der Waals surface area contributed by atoms with Gasteiger partial charge in [-0.25, -0.2) is 0 Å². The highest BCUT2D eigenvalue weighted by atomic mass is 16.5. The first-order chi connectivity index (χ1) is 8.67. The van der Waals surface area contributed by atoms with Gasteiger partial charge in [0.2, 0.25) is 0 Å². The number of aliphatic hydroxyl groups excluding tert-OH is 1. The lowest BCUT2D eigenvalue weighted by Gasteiger charge is -2.25. The Labute approximate surface area is 108 Å². The summed E-state index contributed by atoms with van der Waals surface area (Å²) >= 11 is 0. The van der Waals surface area contributed by atoms with E-state index in [4.69, 9.17) is 10.5 Å². The van der Waals surface area contributed by atoms with Gasteiger partial charge < -0.3 is 20.5 Å². The summed E-state index contributed by atoms with van der Waals surface area (Å²) in [4.78, 5) is 2.29. The maximum atomic E-state index is 9.23. The molecule has 1 aromatic rings. The van der Waals surface area contributed by atoms with Gasteiger partial charge in [-0.3, -0.25) is 0 Å². The monoisotopic (exact) mass is 250 g/mol. The highest BCUT2D eigenvalue weighted by Crippen LogP contribution is 2.35. The molecular weight excluding hydrogens is 228 g/mol. The second-order valence-corrected chi connectivity index (χ2v) is 4.97. The molecule has 4 nitrogen and oxygen atoms in total. The molecule has 0 aliphatic carbocycles. The Bertz CT molecular complexity index is 407. The van der Waals surface area contributed by atoms with Crippen molar-refractivity contribution >= 4 is 5.69 Å². The average Bonchev–Trinajstić information content (AvgIpc) is 2.86. The number of hydrogen-bond acceptors (Lipinski definition) is 4. The lowest BCUT2D eigenvalue weighted by Crippen LogP contribution is -2.23. The fraction of sp³-hybridized carbons (Fsp3) is 0.571. The molecule has 1 fully saturated rings. The minimum atomic E-state index is -0.0654. The zero-order chi connectivity index (χ0) is 13.1. The molecule has 0 aromatic heterocycles. The number of aliphatic hydroxyl groups is 1. The summed E-state index contributed by atoms with van der Waals surface area (Å²) in [6.45, 7) is 4.09. The Kier molecular flexibility index (Phi) is 4.09. The van der Waals surface area contributed by atoms with Crippen LogP contribution in [-0.4, -0.2) is 31.9 Å². The van der Waals surface area contributed by atoms with Crippen LogP contribution in [0.5, 0.6) is 5.75 Å². The Hall–Kier alpha value is -1.26. The zero-order valence-corrected chi connectivity index (χ0v) is 11.1. The van der Waals surface area contributed by atoms with Gasteiger partial charge in [-0.15, -0.1) is 0 Å². The van der Waals surface area contributed by atoms with E-state index in [2.05, 4.69) is 11.0 Å². The largest absolute Gasteiger partial charge is 0.496 e. The van der Waals surface area contributed by atoms with Crippen molar-refractivity contribution in [3.63, 3.8) is 0 Å². The molecule has 0 amide bonds. The van der Waals surface area contributed by atoms with Crippen molar-refractivity contribution in [3.8, 4) is 5.75 Å². The SMILES string of the molecule is COc1cccc(N2CCC(CO)C2)c1[C@@H](C)N. The molecule has 1 unspecified atom stereocenters. The summed E-state index contributed by atoms with van der Waals surface area (Å²) in [6, 6.07) is 5.96. The third-order valence-electron chi connectivity index (χ3n) is 3.60. The topological polar surface area (TPSA) is 58.7 Å². The van der Waals surface area contributed by atoms with E-state index in [-0.39, 0.29) is 12.6 Å². The first kappa shape index (κ1) is 13.2. The number of nitrogens with zero attached hydrogens (tertiary/aromatic N) is 1. The molecule has 2 rings (SSSR count). The quantitative estimate of drug-likeness (QED) is 0.851. The summed E-state index contributed by atoms with van der Waals surface area (Å²) in [5.74, 6) is 1.21.